The van der Waals surface area contributed by atoms with Gasteiger partial charge in [0.05, 0.1) is 35.0 Å². The van der Waals surface area contributed by atoms with Crippen LogP contribution < -0.4 is 5.32 Å². The summed E-state index contributed by atoms with van der Waals surface area (Å²) >= 11 is 5.90. The van der Waals surface area contributed by atoms with Gasteiger partial charge in [-0.2, -0.15) is 5.26 Å². The van der Waals surface area contributed by atoms with Crippen molar-refractivity contribution in [2.75, 3.05) is 18.5 Å². The summed E-state index contributed by atoms with van der Waals surface area (Å²) in [5.74, 6) is 0. The van der Waals surface area contributed by atoms with Crippen LogP contribution in [0.1, 0.15) is 18.9 Å². The maximum absolute atomic E-state index is 9.33. The number of hydrogen-bond donors (Lipinski definition) is 3. The molecule has 0 amide bonds. The quantitative estimate of drug-likeness (QED) is 0.748. The summed E-state index contributed by atoms with van der Waals surface area (Å²) in [6.07, 6.45) is 0.525. The zero-order chi connectivity index (χ0) is 12.9. The molecular formula is C12H15ClN2O2. The minimum atomic E-state index is -0.837. The third-order valence-corrected chi connectivity index (χ3v) is 3.12. The zero-order valence-electron chi connectivity index (χ0n) is 9.57. The van der Waals surface area contributed by atoms with E-state index >= 15 is 0 Å². The second-order valence-corrected chi connectivity index (χ2v) is 4.26. The minimum Gasteiger partial charge on any atom is -0.394 e. The number of aliphatic hydroxyl groups is 2. The van der Waals surface area contributed by atoms with Gasteiger partial charge in [0.1, 0.15) is 6.07 Å². The average molecular weight is 255 g/mol. The molecule has 0 saturated heterocycles. The summed E-state index contributed by atoms with van der Waals surface area (Å²) in [5, 5.41) is 31.0. The molecule has 0 aliphatic heterocycles. The Bertz CT molecular complexity index is 417. The Labute approximate surface area is 105 Å². The van der Waals surface area contributed by atoms with E-state index < -0.39 is 5.54 Å². The lowest BCUT2D eigenvalue weighted by Gasteiger charge is -2.31. The second kappa shape index (κ2) is 5.87. The van der Waals surface area contributed by atoms with Crippen molar-refractivity contribution in [3.63, 3.8) is 0 Å². The van der Waals surface area contributed by atoms with Gasteiger partial charge in [-0.15, -0.1) is 0 Å². The van der Waals surface area contributed by atoms with Crippen molar-refractivity contribution < 1.29 is 10.2 Å². The molecule has 0 radical (unpaired) electrons. The number of aliphatic hydroxyl groups excluding tert-OH is 2. The van der Waals surface area contributed by atoms with Crippen molar-refractivity contribution in [3.05, 3.63) is 28.8 Å². The Kier molecular flexibility index (Phi) is 4.76. The molecule has 0 aliphatic carbocycles. The van der Waals surface area contributed by atoms with Crippen LogP contribution in [0.5, 0.6) is 0 Å². The molecule has 0 fully saturated rings. The van der Waals surface area contributed by atoms with E-state index in [1.54, 1.807) is 18.2 Å². The van der Waals surface area contributed by atoms with Gasteiger partial charge in [-0.25, -0.2) is 0 Å². The third kappa shape index (κ3) is 2.89. The number of halogens is 1. The molecule has 92 valence electrons. The molecule has 5 heteroatoms. The van der Waals surface area contributed by atoms with Gasteiger partial charge in [0.15, 0.2) is 0 Å². The number of nitrogens with one attached hydrogen (secondary N) is 1. The predicted molar refractivity (Wildman–Crippen MR) is 67.0 cm³/mol. The maximum Gasteiger partial charge on any atom is 0.103 e. The highest BCUT2D eigenvalue weighted by Crippen LogP contribution is 2.26. The monoisotopic (exact) mass is 254 g/mol. The fraction of sp³-hybridized carbons (Fsp3) is 0.417. The molecule has 0 atom stereocenters. The molecule has 1 aromatic carbocycles. The maximum atomic E-state index is 9.33. The molecule has 0 spiro atoms. The number of nitrogens with zero attached hydrogens (tertiary/aromatic N) is 1. The van der Waals surface area contributed by atoms with Gasteiger partial charge in [-0.05, 0) is 18.6 Å². The Hall–Kier alpha value is -1.28. The van der Waals surface area contributed by atoms with Crippen molar-refractivity contribution in [3.8, 4) is 6.07 Å². The minimum absolute atomic E-state index is 0.225. The van der Waals surface area contributed by atoms with Crippen LogP contribution in [-0.4, -0.2) is 29.0 Å². The van der Waals surface area contributed by atoms with Gasteiger partial charge in [0.2, 0.25) is 0 Å². The molecule has 0 saturated carbocycles. The van der Waals surface area contributed by atoms with Gasteiger partial charge in [-0.1, -0.05) is 24.6 Å². The van der Waals surface area contributed by atoms with E-state index in [0.29, 0.717) is 22.7 Å². The highest BCUT2D eigenvalue weighted by Gasteiger charge is 2.27. The molecule has 0 bridgehead atoms. The zero-order valence-corrected chi connectivity index (χ0v) is 10.3. The second-order valence-electron chi connectivity index (χ2n) is 3.85. The highest BCUT2D eigenvalue weighted by atomic mass is 35.5. The van der Waals surface area contributed by atoms with Crippen molar-refractivity contribution in [2.24, 2.45) is 0 Å². The summed E-state index contributed by atoms with van der Waals surface area (Å²) in [5.41, 5.74) is -0.00476. The Balaban J connectivity index is 3.10. The molecular weight excluding hydrogens is 240 g/mol. The number of hydrogen-bond acceptors (Lipinski definition) is 4. The van der Waals surface area contributed by atoms with E-state index in [9.17, 15) is 10.2 Å². The molecule has 1 rings (SSSR count). The Morgan fingerprint density at radius 3 is 2.53 bits per heavy atom. The van der Waals surface area contributed by atoms with E-state index in [4.69, 9.17) is 16.9 Å². The molecule has 0 unspecified atom stereocenters. The summed E-state index contributed by atoms with van der Waals surface area (Å²) in [6.45, 7) is 1.39. The number of anilines is 1. The van der Waals surface area contributed by atoms with Gasteiger partial charge < -0.3 is 15.5 Å². The summed E-state index contributed by atoms with van der Waals surface area (Å²) in [7, 11) is 0. The molecule has 3 N–H and O–H groups in total. The standard InChI is InChI=1S/C12H15ClN2O2/c1-2-12(7-16,8-17)15-11-5-3-4-10(13)9(11)6-14/h3-5,15-17H,2,7-8H2,1H3. The number of nitriles is 1. The SMILES string of the molecule is CCC(CO)(CO)Nc1cccc(Cl)c1C#N. The molecule has 0 heterocycles. The normalized spacial score (nSPS) is 11.0. The van der Waals surface area contributed by atoms with Crippen LogP contribution in [0.15, 0.2) is 18.2 Å². The summed E-state index contributed by atoms with van der Waals surface area (Å²) in [4.78, 5) is 0. The van der Waals surface area contributed by atoms with Crippen molar-refractivity contribution in [1.82, 2.24) is 0 Å². The molecule has 4 nitrogen and oxygen atoms in total. The topological polar surface area (TPSA) is 76.3 Å². The highest BCUT2D eigenvalue weighted by molar-refractivity contribution is 6.32. The van der Waals surface area contributed by atoms with Crippen LogP contribution in [-0.2, 0) is 0 Å². The molecule has 17 heavy (non-hydrogen) atoms. The van der Waals surface area contributed by atoms with Crippen LogP contribution >= 0.6 is 11.6 Å². The largest absolute Gasteiger partial charge is 0.394 e. The van der Waals surface area contributed by atoms with E-state index in [0.717, 1.165) is 0 Å². The Morgan fingerprint density at radius 2 is 2.06 bits per heavy atom. The predicted octanol–water partition coefficient (Wildman–Crippen LogP) is 1.76. The molecule has 1 aromatic rings. The van der Waals surface area contributed by atoms with E-state index in [1.165, 1.54) is 0 Å². The number of benzene rings is 1. The molecule has 0 aliphatic rings. The summed E-state index contributed by atoms with van der Waals surface area (Å²) in [6, 6.07) is 7.03. The van der Waals surface area contributed by atoms with Gasteiger partial charge in [0, 0.05) is 0 Å². The van der Waals surface area contributed by atoms with Gasteiger partial charge in [-0.3, -0.25) is 0 Å². The first-order valence-corrected chi connectivity index (χ1v) is 5.68. The van der Waals surface area contributed by atoms with Crippen LogP contribution in [0, 0.1) is 11.3 Å². The Morgan fingerprint density at radius 1 is 1.41 bits per heavy atom. The van der Waals surface area contributed by atoms with E-state index in [1.807, 2.05) is 13.0 Å². The van der Waals surface area contributed by atoms with Crippen LogP contribution in [0.25, 0.3) is 0 Å². The van der Waals surface area contributed by atoms with Gasteiger partial charge in [0.25, 0.3) is 0 Å². The third-order valence-electron chi connectivity index (χ3n) is 2.81. The van der Waals surface area contributed by atoms with E-state index in [-0.39, 0.29) is 13.2 Å². The lowest BCUT2D eigenvalue weighted by atomic mass is 9.97. The fourth-order valence-corrected chi connectivity index (χ4v) is 1.69. The van der Waals surface area contributed by atoms with Crippen LogP contribution in [0.4, 0.5) is 5.69 Å². The van der Waals surface area contributed by atoms with Crippen LogP contribution in [0.3, 0.4) is 0 Å². The first kappa shape index (κ1) is 13.8. The van der Waals surface area contributed by atoms with Crippen molar-refractivity contribution in [2.45, 2.75) is 18.9 Å². The average Bonchev–Trinajstić information content (AvgIpc) is 2.36. The van der Waals surface area contributed by atoms with Crippen LogP contribution in [0.2, 0.25) is 5.02 Å². The van der Waals surface area contributed by atoms with Crippen molar-refractivity contribution in [1.29, 1.82) is 5.26 Å². The first-order valence-electron chi connectivity index (χ1n) is 5.31. The van der Waals surface area contributed by atoms with E-state index in [2.05, 4.69) is 5.32 Å². The summed E-state index contributed by atoms with van der Waals surface area (Å²) < 4.78 is 0. The lowest BCUT2D eigenvalue weighted by Crippen LogP contribution is -2.45. The fourth-order valence-electron chi connectivity index (χ4n) is 1.47. The smallest absolute Gasteiger partial charge is 0.103 e. The molecule has 0 aromatic heterocycles. The first-order chi connectivity index (χ1) is 8.12. The van der Waals surface area contributed by atoms with Crippen molar-refractivity contribution >= 4 is 17.3 Å². The number of rotatable bonds is 5. The lowest BCUT2D eigenvalue weighted by molar-refractivity contribution is 0.132. The van der Waals surface area contributed by atoms with Gasteiger partial charge >= 0.3 is 0 Å².